The predicted octanol–water partition coefficient (Wildman–Crippen LogP) is 13.3. The Morgan fingerprint density at radius 2 is 0.812 bits per heavy atom. The Balaban J connectivity index is 1.97. The van der Waals surface area contributed by atoms with Crippen LogP contribution in [0.5, 0.6) is 0 Å². The molecule has 2 aromatic carbocycles. The van der Waals surface area contributed by atoms with Gasteiger partial charge in [0.15, 0.2) is 5.96 Å². The molecule has 0 saturated heterocycles. The number of nitrogens with zero attached hydrogens (tertiary/aromatic N) is 1. The second-order valence-electron chi connectivity index (χ2n) is 15.9. The Kier molecular flexibility index (Phi) is 23.4. The molecule has 6 N–H and O–H groups in total. The Labute approximate surface area is 366 Å². The number of unbranched alkanes of at least 4 members (excludes halogenated alkanes) is 15. The zero-order valence-corrected chi connectivity index (χ0v) is 36.4. The average Bonchev–Trinajstić information content (AvgIpc) is 3.18. The minimum absolute atomic E-state index is 0.0615. The number of hydrogen-bond donors (Lipinski definition) is 6. The molecule has 0 aliphatic heterocycles. The molecule has 2 rings (SSSR count). The van der Waals surface area contributed by atoms with Gasteiger partial charge in [0.05, 0.1) is 28.8 Å². The van der Waals surface area contributed by atoms with Crippen molar-refractivity contribution in [2.45, 2.75) is 160 Å². The van der Waals surface area contributed by atoms with Gasteiger partial charge in [-0.3, -0.25) is 4.99 Å². The fourth-order valence-corrected chi connectivity index (χ4v) is 6.46. The van der Waals surface area contributed by atoms with Gasteiger partial charge < -0.3 is 31.9 Å². The second-order valence-corrected chi connectivity index (χ2v) is 15.9. The maximum Gasteiger partial charge on any atom is 0.416 e. The number of alkyl halides is 12. The molecule has 0 spiro atoms. The van der Waals surface area contributed by atoms with Gasteiger partial charge in [-0.2, -0.15) is 52.7 Å². The Morgan fingerprint density at radius 3 is 1.16 bits per heavy atom. The van der Waals surface area contributed by atoms with Crippen molar-refractivity contribution in [3.8, 4) is 0 Å². The van der Waals surface area contributed by atoms with E-state index in [1.807, 2.05) is 10.6 Å². The van der Waals surface area contributed by atoms with Crippen LogP contribution in [0.4, 0.5) is 73.6 Å². The van der Waals surface area contributed by atoms with Gasteiger partial charge in [0.1, 0.15) is 0 Å². The molecule has 21 heteroatoms. The number of urea groups is 2. The molecule has 9 nitrogen and oxygen atoms in total. The van der Waals surface area contributed by atoms with E-state index in [0.29, 0.717) is 30.8 Å². The van der Waals surface area contributed by atoms with Crippen LogP contribution in [0.2, 0.25) is 0 Å². The maximum absolute atomic E-state index is 13.3. The fraction of sp³-hybridized carbons (Fsp3) is 0.651. The van der Waals surface area contributed by atoms with Crippen LogP contribution >= 0.6 is 0 Å². The minimum Gasteiger partial charge on any atom is -0.356 e. The van der Waals surface area contributed by atoms with Crippen LogP contribution in [0.25, 0.3) is 0 Å². The van der Waals surface area contributed by atoms with Crippen molar-refractivity contribution in [3.63, 3.8) is 0 Å². The van der Waals surface area contributed by atoms with Crippen molar-refractivity contribution in [2.75, 3.05) is 30.3 Å². The molecule has 0 aromatic heterocycles. The monoisotopic (exact) mass is 935 g/mol. The summed E-state index contributed by atoms with van der Waals surface area (Å²) in [4.78, 5) is 29.6. The highest BCUT2D eigenvalue weighted by atomic mass is 19.4. The first kappa shape index (κ1) is 55.5. The summed E-state index contributed by atoms with van der Waals surface area (Å²) in [6, 6.07) is -2.53. The number of aliphatic imine (C=N–C) groups is 1. The lowest BCUT2D eigenvalue weighted by Gasteiger charge is -2.20. The fourth-order valence-electron chi connectivity index (χ4n) is 6.46. The maximum atomic E-state index is 13.3. The van der Waals surface area contributed by atoms with Gasteiger partial charge in [-0.05, 0) is 56.7 Å². The lowest BCUT2D eigenvalue weighted by molar-refractivity contribution is -0.144. The Bertz CT molecular complexity index is 1670. The van der Waals surface area contributed by atoms with E-state index in [-0.39, 0.29) is 31.2 Å². The number of guanidine groups is 1. The first-order valence-electron chi connectivity index (χ1n) is 21.6. The summed E-state index contributed by atoms with van der Waals surface area (Å²) in [5.74, 6) is 0.171. The van der Waals surface area contributed by atoms with E-state index >= 15 is 0 Å². The van der Waals surface area contributed by atoms with E-state index in [0.717, 1.165) is 32.1 Å². The van der Waals surface area contributed by atoms with E-state index in [9.17, 15) is 62.3 Å². The van der Waals surface area contributed by atoms with Crippen LogP contribution in [0.3, 0.4) is 0 Å². The molecule has 0 aliphatic rings. The molecule has 2 aromatic rings. The zero-order chi connectivity index (χ0) is 48.0. The molecule has 0 unspecified atom stereocenters. The highest BCUT2D eigenvalue weighted by molar-refractivity contribution is 5.90. The summed E-state index contributed by atoms with van der Waals surface area (Å²) in [6.07, 6.45) is -1.70. The third-order valence-corrected chi connectivity index (χ3v) is 9.87. The molecular weight excluding hydrogens is 874 g/mol. The zero-order valence-electron chi connectivity index (χ0n) is 36.4. The van der Waals surface area contributed by atoms with Crippen LogP contribution in [0.15, 0.2) is 41.4 Å². The number of amides is 4. The number of carbonyl (C=O) groups is 2. The summed E-state index contributed by atoms with van der Waals surface area (Å²) >= 11 is 0. The van der Waals surface area contributed by atoms with Crippen molar-refractivity contribution in [1.82, 2.24) is 21.3 Å². The van der Waals surface area contributed by atoms with Gasteiger partial charge in [0, 0.05) is 36.5 Å². The summed E-state index contributed by atoms with van der Waals surface area (Å²) in [7, 11) is 0. The van der Waals surface area contributed by atoms with Crippen LogP contribution in [0.1, 0.15) is 146 Å². The molecule has 0 bridgehead atoms. The van der Waals surface area contributed by atoms with Gasteiger partial charge >= 0.3 is 36.8 Å². The first-order valence-corrected chi connectivity index (χ1v) is 21.6. The normalized spacial score (nSPS) is 13.6. The van der Waals surface area contributed by atoms with Crippen molar-refractivity contribution in [3.05, 3.63) is 58.7 Å². The number of halogens is 12. The SMILES string of the molecule is CCCCCCCCCCCCCCCCCCNC(=NC[C@H](C)NC(=O)Nc1cc(C(F)(F)F)cc(C(F)(F)F)c1)NC[C@H](C)NC(=O)Nc1cc(C(F)(F)F)cc(C(F)(F)F)c1. The van der Waals surface area contributed by atoms with Gasteiger partial charge in [-0.15, -0.1) is 0 Å². The van der Waals surface area contributed by atoms with Crippen molar-refractivity contribution < 1.29 is 62.3 Å². The largest absolute Gasteiger partial charge is 0.416 e. The third kappa shape index (κ3) is 23.4. The lowest BCUT2D eigenvalue weighted by Crippen LogP contribution is -2.47. The molecule has 0 fully saturated rings. The number of nitrogens with one attached hydrogen (secondary N) is 6. The molecule has 2 atom stereocenters. The number of benzene rings is 2. The molecule has 0 aliphatic carbocycles. The summed E-state index contributed by atoms with van der Waals surface area (Å²) < 4.78 is 159. The molecule has 364 valence electrons. The highest BCUT2D eigenvalue weighted by Gasteiger charge is 2.38. The average molecular weight is 936 g/mol. The molecule has 4 amide bonds. The molecule has 0 heterocycles. The quantitative estimate of drug-likeness (QED) is 0.0257. The van der Waals surface area contributed by atoms with Crippen LogP contribution in [-0.4, -0.2) is 49.7 Å². The van der Waals surface area contributed by atoms with E-state index in [1.54, 1.807) is 0 Å². The Morgan fingerprint density at radius 1 is 0.484 bits per heavy atom. The van der Waals surface area contributed by atoms with Crippen molar-refractivity contribution in [1.29, 1.82) is 0 Å². The van der Waals surface area contributed by atoms with Crippen LogP contribution in [-0.2, 0) is 24.7 Å². The second kappa shape index (κ2) is 27.0. The topological polar surface area (TPSA) is 119 Å². The summed E-state index contributed by atoms with van der Waals surface area (Å²) in [5.41, 5.74) is -7.96. The molecule has 0 radical (unpaired) electrons. The third-order valence-electron chi connectivity index (χ3n) is 9.87. The van der Waals surface area contributed by atoms with Gasteiger partial charge in [0.2, 0.25) is 0 Å². The van der Waals surface area contributed by atoms with Crippen LogP contribution in [0, 0.1) is 0 Å². The number of hydrogen-bond acceptors (Lipinski definition) is 3. The lowest BCUT2D eigenvalue weighted by atomic mass is 10.0. The van der Waals surface area contributed by atoms with Crippen LogP contribution < -0.4 is 31.9 Å². The van der Waals surface area contributed by atoms with Gasteiger partial charge in [-0.1, -0.05) is 103 Å². The number of anilines is 2. The standard InChI is InChI=1S/C43H61F12N7O2/c1-4-5-6-7-8-9-10-11-12-13-14-15-16-17-18-19-20-56-37(57-27-29(2)59-38(63)61-35-23-31(40(44,45)46)21-32(24-35)41(47,48)49)58-28-30(3)60-39(64)62-36-25-33(42(50,51)52)22-34(26-36)43(53,54)55/h21-26,29-30H,4-20,27-28H2,1-3H3,(H2,56,57,58)(H2,59,61,63)(H2,60,62,64)/t29-,30-/m0/s1. The molecule has 64 heavy (non-hydrogen) atoms. The minimum atomic E-state index is -5.13. The summed E-state index contributed by atoms with van der Waals surface area (Å²) in [6.45, 7) is 5.38. The smallest absolute Gasteiger partial charge is 0.356 e. The Hall–Kier alpha value is -4.59. The number of rotatable bonds is 25. The summed E-state index contributed by atoms with van der Waals surface area (Å²) in [5, 5.41) is 14.8. The molecule has 0 saturated carbocycles. The van der Waals surface area contributed by atoms with E-state index in [2.05, 4.69) is 33.2 Å². The van der Waals surface area contributed by atoms with Gasteiger partial charge in [-0.25, -0.2) is 9.59 Å². The van der Waals surface area contributed by atoms with E-state index < -0.39 is 82.5 Å². The van der Waals surface area contributed by atoms with E-state index in [4.69, 9.17) is 0 Å². The predicted molar refractivity (Wildman–Crippen MR) is 224 cm³/mol. The van der Waals surface area contributed by atoms with Crippen molar-refractivity contribution >= 4 is 29.4 Å². The van der Waals surface area contributed by atoms with E-state index in [1.165, 1.54) is 84.5 Å². The number of carbonyl (C=O) groups excluding carboxylic acids is 2. The molecular formula is C43H61F12N7O2. The van der Waals surface area contributed by atoms with Gasteiger partial charge in [0.25, 0.3) is 0 Å². The first-order chi connectivity index (χ1) is 29.9. The highest BCUT2D eigenvalue weighted by Crippen LogP contribution is 2.39. The van der Waals surface area contributed by atoms with Crippen molar-refractivity contribution in [2.24, 2.45) is 4.99 Å².